The monoisotopic (exact) mass is 374 g/mol. The first kappa shape index (κ1) is 19.8. The predicted octanol–water partition coefficient (Wildman–Crippen LogP) is 4.25. The van der Waals surface area contributed by atoms with Gasteiger partial charge in [-0.05, 0) is 44.2 Å². The molecule has 2 rings (SSSR count). The average Bonchev–Trinajstić information content (AvgIpc) is 2.59. The maximum Gasteiger partial charge on any atom is 0.217 e. The Morgan fingerprint density at radius 2 is 2.12 bits per heavy atom. The van der Waals surface area contributed by atoms with Crippen LogP contribution in [0.1, 0.15) is 32.2 Å². The van der Waals surface area contributed by atoms with Crippen LogP contribution in [0.25, 0.3) is 6.08 Å². The Labute approximate surface area is 159 Å². The van der Waals surface area contributed by atoms with Crippen LogP contribution in [0.4, 0.5) is 0 Å². The highest BCUT2D eigenvalue weighted by Gasteiger charge is 2.05. The van der Waals surface area contributed by atoms with Crippen molar-refractivity contribution in [3.63, 3.8) is 0 Å². The van der Waals surface area contributed by atoms with Crippen LogP contribution in [-0.2, 0) is 11.4 Å². The molecule has 1 amide bonds. The minimum atomic E-state index is -0.0653. The number of amides is 1. The second-order valence-corrected chi connectivity index (χ2v) is 6.12. The number of carbonyl (C=O) groups is 1. The summed E-state index contributed by atoms with van der Waals surface area (Å²) in [4.78, 5) is 15.6. The SMILES string of the molecule is CCOc1ccc(OCc2cccc(/C=C/[C@H](C)NC(C)=O)n2)c(Cl)c1. The van der Waals surface area contributed by atoms with Gasteiger partial charge in [0.05, 0.1) is 23.0 Å². The fraction of sp³-hybridized carbons (Fsp3) is 0.300. The molecule has 1 N–H and O–H groups in total. The maximum absolute atomic E-state index is 11.0. The van der Waals surface area contributed by atoms with Crippen molar-refractivity contribution in [2.24, 2.45) is 0 Å². The summed E-state index contributed by atoms with van der Waals surface area (Å²) in [6, 6.07) is 11.0. The number of hydrogen-bond donors (Lipinski definition) is 1. The van der Waals surface area contributed by atoms with E-state index >= 15 is 0 Å². The highest BCUT2D eigenvalue weighted by Crippen LogP contribution is 2.29. The highest BCUT2D eigenvalue weighted by atomic mass is 35.5. The number of hydrogen-bond acceptors (Lipinski definition) is 4. The van der Waals surface area contributed by atoms with Crippen LogP contribution < -0.4 is 14.8 Å². The second-order valence-electron chi connectivity index (χ2n) is 5.72. The Hall–Kier alpha value is -2.53. The molecule has 0 fully saturated rings. The van der Waals surface area contributed by atoms with Crippen LogP contribution in [-0.4, -0.2) is 23.5 Å². The summed E-state index contributed by atoms with van der Waals surface area (Å²) in [5, 5.41) is 3.29. The number of carbonyl (C=O) groups excluding carboxylic acids is 1. The van der Waals surface area contributed by atoms with Gasteiger partial charge in [-0.2, -0.15) is 0 Å². The number of ether oxygens (including phenoxy) is 2. The molecule has 0 aliphatic carbocycles. The van der Waals surface area contributed by atoms with Gasteiger partial charge in [-0.1, -0.05) is 23.7 Å². The number of nitrogens with one attached hydrogen (secondary N) is 1. The molecule has 1 atom stereocenters. The summed E-state index contributed by atoms with van der Waals surface area (Å²) < 4.78 is 11.2. The highest BCUT2D eigenvalue weighted by molar-refractivity contribution is 6.32. The van der Waals surface area contributed by atoms with E-state index in [1.807, 2.05) is 50.3 Å². The van der Waals surface area contributed by atoms with Crippen molar-refractivity contribution in [3.05, 3.63) is 58.9 Å². The molecule has 1 aromatic heterocycles. The van der Waals surface area contributed by atoms with Crippen molar-refractivity contribution in [2.75, 3.05) is 6.61 Å². The molecule has 0 saturated carbocycles. The molecule has 6 heteroatoms. The molecular formula is C20H23ClN2O3. The molecular weight excluding hydrogens is 352 g/mol. The van der Waals surface area contributed by atoms with E-state index in [1.165, 1.54) is 6.92 Å². The molecule has 0 aliphatic heterocycles. The van der Waals surface area contributed by atoms with E-state index in [4.69, 9.17) is 21.1 Å². The molecule has 5 nitrogen and oxygen atoms in total. The van der Waals surface area contributed by atoms with Crippen LogP contribution >= 0.6 is 11.6 Å². The Balaban J connectivity index is 1.98. The first-order valence-electron chi connectivity index (χ1n) is 8.44. The maximum atomic E-state index is 11.0. The zero-order chi connectivity index (χ0) is 18.9. The zero-order valence-electron chi connectivity index (χ0n) is 15.2. The lowest BCUT2D eigenvalue weighted by atomic mass is 10.2. The second kappa shape index (κ2) is 9.82. The first-order chi connectivity index (χ1) is 12.5. The largest absolute Gasteiger partial charge is 0.494 e. The van der Waals surface area contributed by atoms with Crippen molar-refractivity contribution in [2.45, 2.75) is 33.4 Å². The molecule has 2 aromatic rings. The van der Waals surface area contributed by atoms with E-state index in [0.29, 0.717) is 29.7 Å². The number of rotatable bonds is 8. The van der Waals surface area contributed by atoms with Gasteiger partial charge >= 0.3 is 0 Å². The fourth-order valence-electron chi connectivity index (χ4n) is 2.29. The van der Waals surface area contributed by atoms with Gasteiger partial charge < -0.3 is 14.8 Å². The van der Waals surface area contributed by atoms with Crippen LogP contribution in [0.2, 0.25) is 5.02 Å². The average molecular weight is 375 g/mol. The molecule has 0 aliphatic rings. The molecule has 0 radical (unpaired) electrons. The number of halogens is 1. The predicted molar refractivity (Wildman–Crippen MR) is 104 cm³/mol. The van der Waals surface area contributed by atoms with E-state index in [1.54, 1.807) is 12.1 Å². The summed E-state index contributed by atoms with van der Waals surface area (Å²) in [6.45, 7) is 6.20. The van der Waals surface area contributed by atoms with Crippen LogP contribution in [0, 0.1) is 0 Å². The summed E-state index contributed by atoms with van der Waals surface area (Å²) in [6.07, 6.45) is 3.76. The van der Waals surface area contributed by atoms with Crippen molar-refractivity contribution in [3.8, 4) is 11.5 Å². The summed E-state index contributed by atoms with van der Waals surface area (Å²) in [7, 11) is 0. The Morgan fingerprint density at radius 3 is 2.81 bits per heavy atom. The lowest BCUT2D eigenvalue weighted by molar-refractivity contribution is -0.119. The van der Waals surface area contributed by atoms with Gasteiger partial charge in [0, 0.05) is 19.0 Å². The zero-order valence-corrected chi connectivity index (χ0v) is 15.9. The summed E-state index contributed by atoms with van der Waals surface area (Å²) in [5.74, 6) is 1.23. The molecule has 26 heavy (non-hydrogen) atoms. The minimum absolute atomic E-state index is 0.0585. The van der Waals surface area contributed by atoms with Gasteiger partial charge in [-0.3, -0.25) is 4.79 Å². The quantitative estimate of drug-likeness (QED) is 0.750. The third-order valence-electron chi connectivity index (χ3n) is 3.40. The van der Waals surface area contributed by atoms with Crippen LogP contribution in [0.5, 0.6) is 11.5 Å². The van der Waals surface area contributed by atoms with Gasteiger partial charge in [0.1, 0.15) is 18.1 Å². The van der Waals surface area contributed by atoms with E-state index in [2.05, 4.69) is 10.3 Å². The third-order valence-corrected chi connectivity index (χ3v) is 3.70. The first-order valence-corrected chi connectivity index (χ1v) is 8.82. The molecule has 0 bridgehead atoms. The number of aromatic nitrogens is 1. The Bertz CT molecular complexity index is 777. The van der Waals surface area contributed by atoms with Gasteiger partial charge in [0.2, 0.25) is 5.91 Å². The van der Waals surface area contributed by atoms with E-state index in [9.17, 15) is 4.79 Å². The normalized spacial score (nSPS) is 12.0. The van der Waals surface area contributed by atoms with Crippen molar-refractivity contribution in [1.82, 2.24) is 10.3 Å². The van der Waals surface area contributed by atoms with Gasteiger partial charge in [0.25, 0.3) is 0 Å². The Morgan fingerprint density at radius 1 is 1.31 bits per heavy atom. The standard InChI is InChI=1S/C20H23ClN2O3/c1-4-25-18-10-11-20(19(21)12-18)26-13-17-7-5-6-16(23-17)9-8-14(2)22-15(3)24/h5-12,14H,4,13H2,1-3H3,(H,22,24)/b9-8+/t14-/m0/s1. The topological polar surface area (TPSA) is 60.5 Å². The Kier molecular flexibility index (Phi) is 7.48. The van der Waals surface area contributed by atoms with Crippen molar-refractivity contribution >= 4 is 23.6 Å². The summed E-state index contributed by atoms with van der Waals surface area (Å²) in [5.41, 5.74) is 1.57. The van der Waals surface area contributed by atoms with Crippen molar-refractivity contribution in [1.29, 1.82) is 0 Å². The summed E-state index contributed by atoms with van der Waals surface area (Å²) >= 11 is 6.22. The molecule has 138 valence electrons. The van der Waals surface area contributed by atoms with Gasteiger partial charge in [0.15, 0.2) is 0 Å². The lowest BCUT2D eigenvalue weighted by Gasteiger charge is -2.10. The molecule has 0 unspecified atom stereocenters. The third kappa shape index (κ3) is 6.41. The van der Waals surface area contributed by atoms with Crippen LogP contribution in [0.15, 0.2) is 42.5 Å². The molecule has 1 heterocycles. The molecule has 0 saturated heterocycles. The van der Waals surface area contributed by atoms with E-state index in [-0.39, 0.29) is 11.9 Å². The molecule has 0 spiro atoms. The number of nitrogens with zero attached hydrogens (tertiary/aromatic N) is 1. The van der Waals surface area contributed by atoms with Crippen LogP contribution in [0.3, 0.4) is 0 Å². The molecule has 1 aromatic carbocycles. The van der Waals surface area contributed by atoms with E-state index < -0.39 is 0 Å². The van der Waals surface area contributed by atoms with Gasteiger partial charge in [-0.15, -0.1) is 0 Å². The number of pyridine rings is 1. The van der Waals surface area contributed by atoms with E-state index in [0.717, 1.165) is 11.4 Å². The minimum Gasteiger partial charge on any atom is -0.494 e. The fourth-order valence-corrected chi connectivity index (χ4v) is 2.51. The van der Waals surface area contributed by atoms with Crippen molar-refractivity contribution < 1.29 is 14.3 Å². The van der Waals surface area contributed by atoms with Gasteiger partial charge in [-0.25, -0.2) is 4.98 Å². The number of benzene rings is 1. The lowest BCUT2D eigenvalue weighted by Crippen LogP contribution is -2.28. The smallest absolute Gasteiger partial charge is 0.217 e.